The molecule has 8 heteroatoms. The number of methoxy groups -OCH3 is 1. The maximum absolute atomic E-state index is 12.3. The van der Waals surface area contributed by atoms with Gasteiger partial charge in [-0.25, -0.2) is 8.42 Å². The third-order valence-electron chi connectivity index (χ3n) is 3.75. The SMILES string of the molecule is CCOc1ccc(CNC(=O)CN(c2cccc(OC)c2)S(C)(=O)=O)cc1. The van der Waals surface area contributed by atoms with Crippen molar-refractivity contribution in [2.75, 3.05) is 30.8 Å². The maximum atomic E-state index is 12.3. The molecule has 0 aliphatic carbocycles. The molecule has 0 spiro atoms. The minimum atomic E-state index is -3.63. The molecule has 0 radical (unpaired) electrons. The molecule has 2 rings (SSSR count). The highest BCUT2D eigenvalue weighted by molar-refractivity contribution is 7.92. The highest BCUT2D eigenvalue weighted by atomic mass is 32.2. The largest absolute Gasteiger partial charge is 0.497 e. The van der Waals surface area contributed by atoms with Gasteiger partial charge in [0.1, 0.15) is 18.0 Å². The number of ether oxygens (including phenoxy) is 2. The zero-order chi connectivity index (χ0) is 19.9. The van der Waals surface area contributed by atoms with E-state index in [-0.39, 0.29) is 6.54 Å². The third-order valence-corrected chi connectivity index (χ3v) is 4.89. The van der Waals surface area contributed by atoms with Crippen LogP contribution in [-0.4, -0.2) is 40.8 Å². The fraction of sp³-hybridized carbons (Fsp3) is 0.316. The van der Waals surface area contributed by atoms with E-state index in [9.17, 15) is 13.2 Å². The van der Waals surface area contributed by atoms with Gasteiger partial charge in [-0.05, 0) is 36.8 Å². The number of hydrogen-bond acceptors (Lipinski definition) is 5. The lowest BCUT2D eigenvalue weighted by Crippen LogP contribution is -2.40. The standard InChI is InChI=1S/C19H24N2O5S/c1-4-26-17-10-8-15(9-11-17)13-20-19(22)14-21(27(3,23)24)16-6-5-7-18(12-16)25-2/h5-12H,4,13-14H2,1-3H3,(H,20,22). The summed E-state index contributed by atoms with van der Waals surface area (Å²) >= 11 is 0. The number of carbonyl (C=O) groups is 1. The number of nitrogens with zero attached hydrogens (tertiary/aromatic N) is 1. The summed E-state index contributed by atoms with van der Waals surface area (Å²) < 4.78 is 35.8. The Kier molecular flexibility index (Phi) is 7.06. The number of anilines is 1. The van der Waals surface area contributed by atoms with Gasteiger partial charge >= 0.3 is 0 Å². The first kappa shape index (κ1) is 20.6. The molecule has 0 saturated carbocycles. The van der Waals surface area contributed by atoms with Crippen LogP contribution in [0, 0.1) is 0 Å². The van der Waals surface area contributed by atoms with Crippen LogP contribution in [0.15, 0.2) is 48.5 Å². The molecule has 0 fully saturated rings. The van der Waals surface area contributed by atoms with Crippen molar-refractivity contribution in [1.82, 2.24) is 5.32 Å². The number of rotatable bonds is 9. The van der Waals surface area contributed by atoms with Gasteiger partial charge in [-0.1, -0.05) is 18.2 Å². The fourth-order valence-electron chi connectivity index (χ4n) is 2.42. The number of amides is 1. The molecule has 1 N–H and O–H groups in total. The zero-order valence-electron chi connectivity index (χ0n) is 15.6. The van der Waals surface area contributed by atoms with Crippen molar-refractivity contribution in [3.05, 3.63) is 54.1 Å². The predicted octanol–water partition coefficient (Wildman–Crippen LogP) is 2.18. The third kappa shape index (κ3) is 6.18. The first-order chi connectivity index (χ1) is 12.8. The van der Waals surface area contributed by atoms with Gasteiger partial charge in [-0.2, -0.15) is 0 Å². The van der Waals surface area contributed by atoms with E-state index < -0.39 is 15.9 Å². The lowest BCUT2D eigenvalue weighted by molar-refractivity contribution is -0.119. The first-order valence-electron chi connectivity index (χ1n) is 8.43. The fourth-order valence-corrected chi connectivity index (χ4v) is 3.27. The molecule has 0 bridgehead atoms. The zero-order valence-corrected chi connectivity index (χ0v) is 16.5. The van der Waals surface area contributed by atoms with Crippen LogP contribution in [0.1, 0.15) is 12.5 Å². The maximum Gasteiger partial charge on any atom is 0.241 e. The monoisotopic (exact) mass is 392 g/mol. The van der Waals surface area contributed by atoms with Crippen LogP contribution in [0.2, 0.25) is 0 Å². The van der Waals surface area contributed by atoms with Crippen LogP contribution < -0.4 is 19.1 Å². The van der Waals surface area contributed by atoms with Crippen molar-refractivity contribution in [2.45, 2.75) is 13.5 Å². The Morgan fingerprint density at radius 3 is 2.41 bits per heavy atom. The quantitative estimate of drug-likeness (QED) is 0.707. The first-order valence-corrected chi connectivity index (χ1v) is 10.3. The van der Waals surface area contributed by atoms with Crippen molar-refractivity contribution < 1.29 is 22.7 Å². The molecule has 0 atom stereocenters. The lowest BCUT2D eigenvalue weighted by atomic mass is 10.2. The van der Waals surface area contributed by atoms with E-state index in [0.717, 1.165) is 21.9 Å². The molecule has 7 nitrogen and oxygen atoms in total. The Morgan fingerprint density at radius 1 is 1.11 bits per heavy atom. The molecule has 0 unspecified atom stereocenters. The number of sulfonamides is 1. The molecule has 1 amide bonds. The molecule has 0 aliphatic heterocycles. The minimum absolute atomic E-state index is 0.293. The molecule has 0 heterocycles. The van der Waals surface area contributed by atoms with Gasteiger partial charge in [0, 0.05) is 12.6 Å². The van der Waals surface area contributed by atoms with Gasteiger partial charge in [-0.15, -0.1) is 0 Å². The van der Waals surface area contributed by atoms with Crippen LogP contribution in [0.5, 0.6) is 11.5 Å². The predicted molar refractivity (Wildman–Crippen MR) is 105 cm³/mol. The van der Waals surface area contributed by atoms with E-state index in [1.54, 1.807) is 24.3 Å². The number of hydrogen-bond donors (Lipinski definition) is 1. The Hall–Kier alpha value is -2.74. The van der Waals surface area contributed by atoms with Crippen molar-refractivity contribution in [3.63, 3.8) is 0 Å². The van der Waals surface area contributed by atoms with Crippen LogP contribution in [0.25, 0.3) is 0 Å². The molecule has 2 aromatic rings. The van der Waals surface area contributed by atoms with E-state index in [1.807, 2.05) is 31.2 Å². The average molecular weight is 392 g/mol. The normalized spacial score (nSPS) is 10.9. The van der Waals surface area contributed by atoms with Crippen LogP contribution in [0.3, 0.4) is 0 Å². The molecule has 146 valence electrons. The Labute approximate surface area is 160 Å². The molecule has 0 saturated heterocycles. The Balaban J connectivity index is 2.03. The Morgan fingerprint density at radius 2 is 1.81 bits per heavy atom. The topological polar surface area (TPSA) is 84.9 Å². The van der Waals surface area contributed by atoms with Gasteiger partial charge in [0.15, 0.2) is 0 Å². The molecule has 0 aromatic heterocycles. The number of carbonyl (C=O) groups excluding carboxylic acids is 1. The number of benzene rings is 2. The summed E-state index contributed by atoms with van der Waals surface area (Å²) in [6.45, 7) is 2.47. The second kappa shape index (κ2) is 9.27. The summed E-state index contributed by atoms with van der Waals surface area (Å²) in [6, 6.07) is 13.9. The summed E-state index contributed by atoms with van der Waals surface area (Å²) in [5.41, 5.74) is 1.26. The second-order valence-corrected chi connectivity index (χ2v) is 7.73. The molecule has 2 aromatic carbocycles. The van der Waals surface area contributed by atoms with Crippen LogP contribution >= 0.6 is 0 Å². The summed E-state index contributed by atoms with van der Waals surface area (Å²) in [7, 11) is -2.14. The summed E-state index contributed by atoms with van der Waals surface area (Å²) in [5.74, 6) is 0.863. The second-order valence-electron chi connectivity index (χ2n) is 5.82. The molecular weight excluding hydrogens is 368 g/mol. The van der Waals surface area contributed by atoms with Crippen molar-refractivity contribution in [3.8, 4) is 11.5 Å². The van der Waals surface area contributed by atoms with E-state index in [2.05, 4.69) is 5.32 Å². The van der Waals surface area contributed by atoms with Gasteiger partial charge in [0.25, 0.3) is 0 Å². The number of nitrogens with one attached hydrogen (secondary N) is 1. The van der Waals surface area contributed by atoms with Crippen LogP contribution in [0.4, 0.5) is 5.69 Å². The van der Waals surface area contributed by atoms with Gasteiger partial charge in [-0.3, -0.25) is 9.10 Å². The average Bonchev–Trinajstić information content (AvgIpc) is 2.65. The van der Waals surface area contributed by atoms with E-state index in [4.69, 9.17) is 9.47 Å². The van der Waals surface area contributed by atoms with Gasteiger partial charge in [0.05, 0.1) is 25.7 Å². The summed E-state index contributed by atoms with van der Waals surface area (Å²) in [5, 5.41) is 2.73. The van der Waals surface area contributed by atoms with Gasteiger partial charge < -0.3 is 14.8 Å². The van der Waals surface area contributed by atoms with E-state index >= 15 is 0 Å². The van der Waals surface area contributed by atoms with Gasteiger partial charge in [0.2, 0.25) is 15.9 Å². The minimum Gasteiger partial charge on any atom is -0.497 e. The van der Waals surface area contributed by atoms with E-state index in [1.165, 1.54) is 7.11 Å². The highest BCUT2D eigenvalue weighted by Crippen LogP contribution is 2.22. The highest BCUT2D eigenvalue weighted by Gasteiger charge is 2.21. The molecule has 27 heavy (non-hydrogen) atoms. The van der Waals surface area contributed by atoms with Crippen LogP contribution in [-0.2, 0) is 21.4 Å². The van der Waals surface area contributed by atoms with E-state index in [0.29, 0.717) is 24.6 Å². The van der Waals surface area contributed by atoms with Crippen molar-refractivity contribution >= 4 is 21.6 Å². The summed E-state index contributed by atoms with van der Waals surface area (Å²) in [6.07, 6.45) is 1.06. The lowest BCUT2D eigenvalue weighted by Gasteiger charge is -2.22. The molecule has 0 aliphatic rings. The smallest absolute Gasteiger partial charge is 0.241 e. The molecular formula is C19H24N2O5S. The summed E-state index contributed by atoms with van der Waals surface area (Å²) in [4.78, 5) is 12.3. The van der Waals surface area contributed by atoms with Crippen molar-refractivity contribution in [1.29, 1.82) is 0 Å². The van der Waals surface area contributed by atoms with Crippen molar-refractivity contribution in [2.24, 2.45) is 0 Å². The Bertz CT molecular complexity index is 866.